The first kappa shape index (κ1) is 9.50. The van der Waals surface area contributed by atoms with Gasteiger partial charge in [0.05, 0.1) is 0 Å². The molecule has 0 aromatic carbocycles. The predicted molar refractivity (Wildman–Crippen MR) is 51.0 cm³/mol. The van der Waals surface area contributed by atoms with E-state index in [1.54, 1.807) is 0 Å². The molecule has 1 aliphatic rings. The Bertz CT molecular complexity index is 189. The van der Waals surface area contributed by atoms with E-state index >= 15 is 0 Å². The van der Waals surface area contributed by atoms with Gasteiger partial charge in [0.1, 0.15) is 5.78 Å². The van der Waals surface area contributed by atoms with Crippen LogP contribution in [0.2, 0.25) is 0 Å². The Morgan fingerprint density at radius 1 is 1.58 bits per heavy atom. The maximum atomic E-state index is 11.3. The molecule has 0 amide bonds. The SMILES string of the molecule is CC(C)C(=O)CCC1=CCCC1. The van der Waals surface area contributed by atoms with Crippen molar-refractivity contribution in [1.82, 2.24) is 0 Å². The lowest BCUT2D eigenvalue weighted by Gasteiger charge is -2.03. The lowest BCUT2D eigenvalue weighted by Crippen LogP contribution is -2.06. The monoisotopic (exact) mass is 166 g/mol. The second-order valence-corrected chi connectivity index (χ2v) is 3.88. The highest BCUT2D eigenvalue weighted by Gasteiger charge is 2.09. The third kappa shape index (κ3) is 2.80. The summed E-state index contributed by atoms with van der Waals surface area (Å²) in [6, 6.07) is 0. The maximum absolute atomic E-state index is 11.3. The van der Waals surface area contributed by atoms with Crippen LogP contribution in [-0.2, 0) is 4.79 Å². The molecular weight excluding hydrogens is 148 g/mol. The molecule has 0 heterocycles. The van der Waals surface area contributed by atoms with Crippen LogP contribution in [0.1, 0.15) is 46.0 Å². The number of Topliss-reactive ketones (excluding diaryl/α,β-unsaturated/α-hetero) is 1. The molecule has 1 nitrogen and oxygen atoms in total. The molecule has 12 heavy (non-hydrogen) atoms. The molecule has 0 radical (unpaired) electrons. The number of carbonyl (C=O) groups is 1. The Balaban J connectivity index is 2.21. The van der Waals surface area contributed by atoms with Gasteiger partial charge in [-0.3, -0.25) is 4.79 Å². The van der Waals surface area contributed by atoms with Crippen molar-refractivity contribution < 1.29 is 4.79 Å². The summed E-state index contributed by atoms with van der Waals surface area (Å²) in [5.74, 6) is 0.620. The Labute approximate surface area is 74.9 Å². The van der Waals surface area contributed by atoms with Crippen molar-refractivity contribution in [2.24, 2.45) is 5.92 Å². The largest absolute Gasteiger partial charge is 0.299 e. The maximum Gasteiger partial charge on any atom is 0.135 e. The third-order valence-electron chi connectivity index (χ3n) is 2.47. The molecule has 0 fully saturated rings. The molecule has 1 heteroatoms. The van der Waals surface area contributed by atoms with E-state index in [-0.39, 0.29) is 5.92 Å². The second-order valence-electron chi connectivity index (χ2n) is 3.88. The van der Waals surface area contributed by atoms with Crippen molar-refractivity contribution in [3.63, 3.8) is 0 Å². The highest BCUT2D eigenvalue weighted by atomic mass is 16.1. The first-order valence-electron chi connectivity index (χ1n) is 4.91. The van der Waals surface area contributed by atoms with Crippen LogP contribution >= 0.6 is 0 Å². The Morgan fingerprint density at radius 3 is 2.83 bits per heavy atom. The number of carbonyl (C=O) groups excluding carboxylic acids is 1. The minimum Gasteiger partial charge on any atom is -0.299 e. The summed E-state index contributed by atoms with van der Waals surface area (Å²) in [5.41, 5.74) is 1.50. The van der Waals surface area contributed by atoms with Gasteiger partial charge in [0, 0.05) is 12.3 Å². The van der Waals surface area contributed by atoms with Crippen molar-refractivity contribution in [2.45, 2.75) is 46.0 Å². The second kappa shape index (κ2) is 4.44. The summed E-state index contributed by atoms with van der Waals surface area (Å²) in [6.45, 7) is 3.96. The minimum atomic E-state index is 0.215. The highest BCUT2D eigenvalue weighted by molar-refractivity contribution is 5.80. The van der Waals surface area contributed by atoms with Gasteiger partial charge in [-0.2, -0.15) is 0 Å². The van der Waals surface area contributed by atoms with Crippen molar-refractivity contribution >= 4 is 5.78 Å². The first-order valence-corrected chi connectivity index (χ1v) is 4.91. The van der Waals surface area contributed by atoms with Crippen molar-refractivity contribution in [2.75, 3.05) is 0 Å². The van der Waals surface area contributed by atoms with Crippen LogP contribution in [0.4, 0.5) is 0 Å². The molecule has 0 atom stereocenters. The fourth-order valence-electron chi connectivity index (χ4n) is 1.54. The summed E-state index contributed by atoms with van der Waals surface area (Å²) in [4.78, 5) is 11.3. The Kier molecular flexibility index (Phi) is 3.51. The van der Waals surface area contributed by atoms with E-state index in [4.69, 9.17) is 0 Å². The van der Waals surface area contributed by atoms with Crippen LogP contribution in [0.15, 0.2) is 11.6 Å². The smallest absolute Gasteiger partial charge is 0.135 e. The minimum absolute atomic E-state index is 0.215. The first-order chi connectivity index (χ1) is 5.70. The van der Waals surface area contributed by atoms with E-state index in [9.17, 15) is 4.79 Å². The summed E-state index contributed by atoms with van der Waals surface area (Å²) < 4.78 is 0. The molecule has 0 unspecified atom stereocenters. The molecule has 1 aliphatic carbocycles. The van der Waals surface area contributed by atoms with Gasteiger partial charge in [-0.25, -0.2) is 0 Å². The highest BCUT2D eigenvalue weighted by Crippen LogP contribution is 2.22. The fourth-order valence-corrected chi connectivity index (χ4v) is 1.54. The average Bonchev–Trinajstić information content (AvgIpc) is 2.51. The zero-order valence-corrected chi connectivity index (χ0v) is 8.10. The lowest BCUT2D eigenvalue weighted by molar-refractivity contribution is -0.121. The van der Waals surface area contributed by atoms with Gasteiger partial charge in [0.2, 0.25) is 0 Å². The van der Waals surface area contributed by atoms with Gasteiger partial charge >= 0.3 is 0 Å². The van der Waals surface area contributed by atoms with Crippen LogP contribution in [0.5, 0.6) is 0 Å². The van der Waals surface area contributed by atoms with E-state index in [0.29, 0.717) is 5.78 Å². The van der Waals surface area contributed by atoms with Crippen LogP contribution in [0, 0.1) is 5.92 Å². The summed E-state index contributed by atoms with van der Waals surface area (Å²) in [6.07, 6.45) is 7.82. The Hall–Kier alpha value is -0.590. The van der Waals surface area contributed by atoms with Crippen LogP contribution in [-0.4, -0.2) is 5.78 Å². The standard InChI is InChI=1S/C11H18O/c1-9(2)11(12)8-7-10-5-3-4-6-10/h5,9H,3-4,6-8H2,1-2H3. The number of hydrogen-bond donors (Lipinski definition) is 0. The Morgan fingerprint density at radius 2 is 2.33 bits per heavy atom. The molecule has 0 saturated heterocycles. The van der Waals surface area contributed by atoms with E-state index in [1.165, 1.54) is 24.8 Å². The van der Waals surface area contributed by atoms with Gasteiger partial charge < -0.3 is 0 Å². The van der Waals surface area contributed by atoms with E-state index in [1.807, 2.05) is 13.8 Å². The molecule has 0 saturated carbocycles. The quantitative estimate of drug-likeness (QED) is 0.586. The molecule has 1 rings (SSSR count). The number of rotatable bonds is 4. The third-order valence-corrected chi connectivity index (χ3v) is 2.47. The van der Waals surface area contributed by atoms with Crippen LogP contribution in [0.25, 0.3) is 0 Å². The number of hydrogen-bond acceptors (Lipinski definition) is 1. The van der Waals surface area contributed by atoms with Gasteiger partial charge in [-0.05, 0) is 25.7 Å². The van der Waals surface area contributed by atoms with Gasteiger partial charge in [0.25, 0.3) is 0 Å². The number of ketones is 1. The van der Waals surface area contributed by atoms with E-state index in [0.717, 1.165) is 12.8 Å². The molecule has 0 bridgehead atoms. The van der Waals surface area contributed by atoms with Gasteiger partial charge in [-0.1, -0.05) is 25.5 Å². The molecule has 0 N–H and O–H groups in total. The summed E-state index contributed by atoms with van der Waals surface area (Å²) in [5, 5.41) is 0. The molecule has 0 spiro atoms. The predicted octanol–water partition coefficient (Wildman–Crippen LogP) is 3.10. The zero-order chi connectivity index (χ0) is 8.97. The van der Waals surface area contributed by atoms with Crippen molar-refractivity contribution in [3.8, 4) is 0 Å². The van der Waals surface area contributed by atoms with E-state index in [2.05, 4.69) is 6.08 Å². The molecule has 0 aliphatic heterocycles. The van der Waals surface area contributed by atoms with Crippen molar-refractivity contribution in [3.05, 3.63) is 11.6 Å². The molecular formula is C11H18O. The van der Waals surface area contributed by atoms with Crippen LogP contribution < -0.4 is 0 Å². The lowest BCUT2D eigenvalue weighted by atomic mass is 10.0. The van der Waals surface area contributed by atoms with Crippen LogP contribution in [0.3, 0.4) is 0 Å². The molecule has 0 aromatic heterocycles. The van der Waals surface area contributed by atoms with Gasteiger partial charge in [0.15, 0.2) is 0 Å². The van der Waals surface area contributed by atoms with Crippen molar-refractivity contribution in [1.29, 1.82) is 0 Å². The van der Waals surface area contributed by atoms with E-state index < -0.39 is 0 Å². The normalized spacial score (nSPS) is 16.8. The summed E-state index contributed by atoms with van der Waals surface area (Å²) >= 11 is 0. The zero-order valence-electron chi connectivity index (χ0n) is 8.10. The van der Waals surface area contributed by atoms with Gasteiger partial charge in [-0.15, -0.1) is 0 Å². The number of allylic oxidation sites excluding steroid dienone is 2. The fraction of sp³-hybridized carbons (Fsp3) is 0.727. The topological polar surface area (TPSA) is 17.1 Å². The average molecular weight is 166 g/mol. The molecule has 0 aromatic rings. The summed E-state index contributed by atoms with van der Waals surface area (Å²) in [7, 11) is 0. The molecule has 68 valence electrons.